The van der Waals surface area contributed by atoms with Crippen LogP contribution in [0.1, 0.15) is 27.8 Å². The summed E-state index contributed by atoms with van der Waals surface area (Å²) in [4.78, 5) is 13.2. The molecule has 0 bridgehead atoms. The molecule has 1 unspecified atom stereocenters. The molecule has 4 heteroatoms. The summed E-state index contributed by atoms with van der Waals surface area (Å²) in [6, 6.07) is 9.54. The Morgan fingerprint density at radius 2 is 2.24 bits per heavy atom. The molecule has 1 aliphatic rings. The molecule has 86 valence electrons. The highest BCUT2D eigenvalue weighted by Crippen LogP contribution is 2.37. The third-order valence-electron chi connectivity index (χ3n) is 2.74. The summed E-state index contributed by atoms with van der Waals surface area (Å²) >= 11 is 4.99. The predicted molar refractivity (Wildman–Crippen MR) is 70.8 cm³/mol. The minimum Gasteiger partial charge on any atom is -0.484 e. The van der Waals surface area contributed by atoms with Gasteiger partial charge in [-0.25, -0.2) is 0 Å². The normalized spacial score (nSPS) is 18.6. The fourth-order valence-corrected chi connectivity index (χ4v) is 3.05. The van der Waals surface area contributed by atoms with E-state index < -0.39 is 0 Å². The number of rotatable bonds is 1. The zero-order chi connectivity index (χ0) is 11.8. The van der Waals surface area contributed by atoms with Crippen LogP contribution < -0.4 is 4.74 Å². The second-order valence-corrected chi connectivity index (χ2v) is 5.78. The number of benzene rings is 1. The Hall–Kier alpha value is -1.13. The first-order chi connectivity index (χ1) is 8.24. The summed E-state index contributed by atoms with van der Waals surface area (Å²) in [6.07, 6.45) is 0.292. The molecule has 0 aliphatic carbocycles. The van der Waals surface area contributed by atoms with Crippen molar-refractivity contribution in [3.05, 3.63) is 50.6 Å². The van der Waals surface area contributed by atoms with E-state index in [-0.39, 0.29) is 11.9 Å². The number of thiophene rings is 1. The molecule has 2 aromatic rings. The summed E-state index contributed by atoms with van der Waals surface area (Å²) in [5.74, 6) is 0.828. The molecule has 0 saturated heterocycles. The molecule has 2 nitrogen and oxygen atoms in total. The fourth-order valence-electron chi connectivity index (χ4n) is 1.93. The van der Waals surface area contributed by atoms with Crippen LogP contribution in [0, 0.1) is 0 Å². The zero-order valence-corrected chi connectivity index (χ0v) is 11.3. The summed E-state index contributed by atoms with van der Waals surface area (Å²) < 4.78 is 6.78. The van der Waals surface area contributed by atoms with Gasteiger partial charge in [-0.15, -0.1) is 11.3 Å². The van der Waals surface area contributed by atoms with Gasteiger partial charge in [0.15, 0.2) is 5.78 Å². The Kier molecular flexibility index (Phi) is 2.76. The van der Waals surface area contributed by atoms with Crippen LogP contribution in [0.4, 0.5) is 0 Å². The largest absolute Gasteiger partial charge is 0.484 e. The molecule has 17 heavy (non-hydrogen) atoms. The molecule has 1 atom stereocenters. The molecule has 0 amide bonds. The van der Waals surface area contributed by atoms with Gasteiger partial charge in [-0.2, -0.15) is 0 Å². The predicted octanol–water partition coefficient (Wildman–Crippen LogP) is 4.22. The van der Waals surface area contributed by atoms with Crippen LogP contribution in [0.15, 0.2) is 40.2 Å². The Labute approximate surface area is 111 Å². The number of fused-ring (bicyclic) bond motifs is 1. The number of ether oxygens (including phenoxy) is 1. The van der Waals surface area contributed by atoms with Gasteiger partial charge in [0.1, 0.15) is 11.9 Å². The first kappa shape index (κ1) is 11.0. The lowest BCUT2D eigenvalue weighted by molar-refractivity contribution is 0.0854. The van der Waals surface area contributed by atoms with Gasteiger partial charge < -0.3 is 4.74 Å². The Bertz CT molecular complexity index is 563. The molecule has 1 aliphatic heterocycles. The summed E-state index contributed by atoms with van der Waals surface area (Å²) in [5.41, 5.74) is 0.673. The van der Waals surface area contributed by atoms with Crippen LogP contribution in [-0.4, -0.2) is 5.78 Å². The average molecular weight is 309 g/mol. The number of hydrogen-bond donors (Lipinski definition) is 0. The average Bonchev–Trinajstić information content (AvgIpc) is 2.83. The summed E-state index contributed by atoms with van der Waals surface area (Å²) in [7, 11) is 0. The van der Waals surface area contributed by atoms with E-state index in [1.165, 1.54) is 0 Å². The lowest BCUT2D eigenvalue weighted by Crippen LogP contribution is -2.19. The van der Waals surface area contributed by atoms with E-state index in [0.29, 0.717) is 17.7 Å². The Balaban J connectivity index is 1.99. The van der Waals surface area contributed by atoms with Crippen LogP contribution >= 0.6 is 27.3 Å². The second kappa shape index (κ2) is 4.27. The standard InChI is InChI=1S/C13H9BrO2S/c14-8-3-4-11-9(6-8)10(15)7-12(16-11)13-2-1-5-17-13/h1-6,12H,7H2. The highest BCUT2D eigenvalue weighted by molar-refractivity contribution is 9.10. The monoisotopic (exact) mass is 308 g/mol. The third-order valence-corrected chi connectivity index (χ3v) is 4.20. The van der Waals surface area contributed by atoms with Crippen molar-refractivity contribution in [1.29, 1.82) is 0 Å². The van der Waals surface area contributed by atoms with E-state index in [9.17, 15) is 4.79 Å². The molecule has 1 aromatic heterocycles. The maximum atomic E-state index is 12.0. The molecular weight excluding hydrogens is 300 g/mol. The van der Waals surface area contributed by atoms with Crippen molar-refractivity contribution in [2.24, 2.45) is 0 Å². The van der Waals surface area contributed by atoms with Crippen LogP contribution in [0.25, 0.3) is 0 Å². The smallest absolute Gasteiger partial charge is 0.170 e. The van der Waals surface area contributed by atoms with E-state index in [4.69, 9.17) is 4.74 Å². The minimum atomic E-state index is -0.129. The van der Waals surface area contributed by atoms with Gasteiger partial charge in [0, 0.05) is 9.35 Å². The van der Waals surface area contributed by atoms with Gasteiger partial charge in [0.05, 0.1) is 12.0 Å². The fraction of sp³-hybridized carbons (Fsp3) is 0.154. The van der Waals surface area contributed by atoms with Crippen LogP contribution in [0.5, 0.6) is 5.75 Å². The van der Waals surface area contributed by atoms with Gasteiger partial charge >= 0.3 is 0 Å². The number of carbonyl (C=O) groups excluding carboxylic acids is 1. The van der Waals surface area contributed by atoms with Gasteiger partial charge in [-0.3, -0.25) is 4.79 Å². The first-order valence-electron chi connectivity index (χ1n) is 5.27. The zero-order valence-electron chi connectivity index (χ0n) is 8.85. The molecule has 2 heterocycles. The van der Waals surface area contributed by atoms with Gasteiger partial charge in [-0.05, 0) is 29.6 Å². The molecule has 3 rings (SSSR count). The van der Waals surface area contributed by atoms with Gasteiger partial charge in [0.2, 0.25) is 0 Å². The second-order valence-electron chi connectivity index (χ2n) is 3.89. The summed E-state index contributed by atoms with van der Waals surface area (Å²) in [5, 5.41) is 2.00. The molecule has 0 saturated carbocycles. The van der Waals surface area contributed by atoms with Crippen molar-refractivity contribution >= 4 is 33.0 Å². The van der Waals surface area contributed by atoms with Crippen LogP contribution in [0.2, 0.25) is 0 Å². The molecule has 0 spiro atoms. The highest BCUT2D eigenvalue weighted by Gasteiger charge is 2.28. The van der Waals surface area contributed by atoms with E-state index >= 15 is 0 Å². The van der Waals surface area contributed by atoms with Crippen molar-refractivity contribution in [2.75, 3.05) is 0 Å². The summed E-state index contributed by atoms with van der Waals surface area (Å²) in [6.45, 7) is 0. The van der Waals surface area contributed by atoms with E-state index in [1.54, 1.807) is 11.3 Å². The van der Waals surface area contributed by atoms with E-state index in [1.807, 2.05) is 35.7 Å². The number of ketones is 1. The maximum Gasteiger partial charge on any atom is 0.170 e. The lowest BCUT2D eigenvalue weighted by atomic mass is 10.00. The third kappa shape index (κ3) is 2.03. The Morgan fingerprint density at radius 1 is 1.35 bits per heavy atom. The number of Topliss-reactive ketones (excluding diaryl/α,β-unsaturated/α-hetero) is 1. The van der Waals surface area contributed by atoms with Crippen molar-refractivity contribution < 1.29 is 9.53 Å². The molecule has 0 N–H and O–H groups in total. The van der Waals surface area contributed by atoms with Gasteiger partial charge in [-0.1, -0.05) is 22.0 Å². The molecule has 0 radical (unpaired) electrons. The van der Waals surface area contributed by atoms with Crippen LogP contribution in [0.3, 0.4) is 0 Å². The number of hydrogen-bond acceptors (Lipinski definition) is 3. The first-order valence-corrected chi connectivity index (χ1v) is 6.94. The van der Waals surface area contributed by atoms with Crippen molar-refractivity contribution in [3.8, 4) is 5.75 Å². The van der Waals surface area contributed by atoms with Crippen molar-refractivity contribution in [2.45, 2.75) is 12.5 Å². The number of carbonyl (C=O) groups is 1. The van der Waals surface area contributed by atoms with E-state index in [2.05, 4.69) is 15.9 Å². The van der Waals surface area contributed by atoms with Crippen molar-refractivity contribution in [3.63, 3.8) is 0 Å². The lowest BCUT2D eigenvalue weighted by Gasteiger charge is -2.24. The minimum absolute atomic E-state index is 0.129. The van der Waals surface area contributed by atoms with E-state index in [0.717, 1.165) is 9.35 Å². The SMILES string of the molecule is O=C1CC(c2cccs2)Oc2ccc(Br)cc21. The van der Waals surface area contributed by atoms with Crippen molar-refractivity contribution in [1.82, 2.24) is 0 Å². The Morgan fingerprint density at radius 3 is 3.00 bits per heavy atom. The quantitative estimate of drug-likeness (QED) is 0.788. The molecule has 1 aromatic carbocycles. The molecular formula is C13H9BrO2S. The topological polar surface area (TPSA) is 26.3 Å². The maximum absolute atomic E-state index is 12.0. The number of halogens is 1. The highest BCUT2D eigenvalue weighted by atomic mass is 79.9. The van der Waals surface area contributed by atoms with Gasteiger partial charge in [0.25, 0.3) is 0 Å². The molecule has 0 fully saturated rings. The van der Waals surface area contributed by atoms with Crippen LogP contribution in [-0.2, 0) is 0 Å².